The van der Waals surface area contributed by atoms with Crippen LogP contribution in [0.25, 0.3) is 0 Å². The minimum Gasteiger partial charge on any atom is -0.493 e. The highest BCUT2D eigenvalue weighted by atomic mass is 19.4. The number of halogens is 3. The van der Waals surface area contributed by atoms with Crippen LogP contribution >= 0.6 is 0 Å². The van der Waals surface area contributed by atoms with Crippen LogP contribution in [0.2, 0.25) is 0 Å². The normalized spacial score (nSPS) is 11.4. The lowest BCUT2D eigenvalue weighted by molar-refractivity contribution is -0.136. The molecule has 2 aromatic carbocycles. The zero-order chi connectivity index (χ0) is 22.1. The molecule has 30 heavy (non-hydrogen) atoms. The lowest BCUT2D eigenvalue weighted by Crippen LogP contribution is -2.27. The largest absolute Gasteiger partial charge is 0.493 e. The summed E-state index contributed by atoms with van der Waals surface area (Å²) in [6.45, 7) is 0.215. The standard InChI is InChI=1S/C21H20F3N3O3/c1-29-18-8-7-14(11-19(18)30-2)9-10-26-20(28)15(12-25)13-27-17-6-4-3-5-16(17)21(22,23)24/h3-8,11,13,27H,9-10H2,1-2H3,(H,26,28)/b15-13-. The Morgan fingerprint density at radius 3 is 2.47 bits per heavy atom. The first kappa shape index (κ1) is 22.6. The molecule has 0 unspecified atom stereocenters. The van der Waals surface area contributed by atoms with Crippen LogP contribution in [-0.4, -0.2) is 26.7 Å². The van der Waals surface area contributed by atoms with Crippen molar-refractivity contribution in [1.29, 1.82) is 5.26 Å². The fourth-order valence-electron chi connectivity index (χ4n) is 2.61. The topological polar surface area (TPSA) is 83.4 Å². The van der Waals surface area contributed by atoms with E-state index in [1.807, 2.05) is 6.07 Å². The Bertz CT molecular complexity index is 966. The molecular weight excluding hydrogens is 399 g/mol. The molecule has 0 saturated heterocycles. The van der Waals surface area contributed by atoms with Crippen molar-refractivity contribution in [2.75, 3.05) is 26.1 Å². The molecule has 6 nitrogen and oxygen atoms in total. The number of para-hydroxylation sites is 1. The summed E-state index contributed by atoms with van der Waals surface area (Å²) in [7, 11) is 3.03. The van der Waals surface area contributed by atoms with Crippen LogP contribution in [0.15, 0.2) is 54.2 Å². The maximum Gasteiger partial charge on any atom is 0.418 e. The van der Waals surface area contributed by atoms with Gasteiger partial charge in [-0.25, -0.2) is 0 Å². The monoisotopic (exact) mass is 419 g/mol. The van der Waals surface area contributed by atoms with E-state index in [0.29, 0.717) is 17.9 Å². The van der Waals surface area contributed by atoms with Crippen molar-refractivity contribution in [3.8, 4) is 17.6 Å². The van der Waals surface area contributed by atoms with Crippen molar-refractivity contribution >= 4 is 11.6 Å². The summed E-state index contributed by atoms with van der Waals surface area (Å²) in [6, 6.07) is 11.8. The SMILES string of the molecule is COc1ccc(CCNC(=O)/C(C#N)=C\Nc2ccccc2C(F)(F)F)cc1OC. The summed E-state index contributed by atoms with van der Waals surface area (Å²) in [5.41, 5.74) is -0.629. The van der Waals surface area contributed by atoms with Gasteiger partial charge in [0.25, 0.3) is 5.91 Å². The van der Waals surface area contributed by atoms with Gasteiger partial charge in [-0.3, -0.25) is 4.79 Å². The molecule has 2 rings (SSSR count). The van der Waals surface area contributed by atoms with Crippen molar-refractivity contribution < 1.29 is 27.4 Å². The molecule has 0 saturated carbocycles. The Balaban J connectivity index is 2.00. The van der Waals surface area contributed by atoms with E-state index in [-0.39, 0.29) is 17.8 Å². The first-order chi connectivity index (χ1) is 14.3. The third kappa shape index (κ3) is 5.91. The van der Waals surface area contributed by atoms with Gasteiger partial charge in [-0.15, -0.1) is 0 Å². The molecule has 2 N–H and O–H groups in total. The molecule has 0 spiro atoms. The smallest absolute Gasteiger partial charge is 0.418 e. The number of hydrogen-bond acceptors (Lipinski definition) is 5. The Labute approximate surface area is 171 Å². The Hall–Kier alpha value is -3.67. The molecule has 0 fully saturated rings. The lowest BCUT2D eigenvalue weighted by atomic mass is 10.1. The van der Waals surface area contributed by atoms with Gasteiger partial charge in [-0.2, -0.15) is 18.4 Å². The Morgan fingerprint density at radius 1 is 1.13 bits per heavy atom. The third-order valence-electron chi connectivity index (χ3n) is 4.12. The highest BCUT2D eigenvalue weighted by molar-refractivity contribution is 5.97. The van der Waals surface area contributed by atoms with Crippen LogP contribution in [0, 0.1) is 11.3 Å². The van der Waals surface area contributed by atoms with Gasteiger partial charge in [-0.05, 0) is 36.2 Å². The van der Waals surface area contributed by atoms with Gasteiger partial charge in [0.1, 0.15) is 11.6 Å². The van der Waals surface area contributed by atoms with Gasteiger partial charge in [0.05, 0.1) is 25.5 Å². The Morgan fingerprint density at radius 2 is 1.83 bits per heavy atom. The van der Waals surface area contributed by atoms with Gasteiger partial charge in [0.2, 0.25) is 0 Å². The van der Waals surface area contributed by atoms with E-state index in [9.17, 15) is 23.2 Å². The van der Waals surface area contributed by atoms with Crippen LogP contribution < -0.4 is 20.1 Å². The van der Waals surface area contributed by atoms with Crippen LogP contribution in [-0.2, 0) is 17.4 Å². The molecule has 0 aromatic heterocycles. The van der Waals surface area contributed by atoms with E-state index in [2.05, 4.69) is 10.6 Å². The average Bonchev–Trinajstić information content (AvgIpc) is 2.73. The second kappa shape index (κ2) is 10.2. The number of amides is 1. The molecule has 0 aliphatic rings. The van der Waals surface area contributed by atoms with Gasteiger partial charge >= 0.3 is 6.18 Å². The molecule has 1 amide bonds. The summed E-state index contributed by atoms with van der Waals surface area (Å²) >= 11 is 0. The molecular formula is C21H20F3N3O3. The first-order valence-electron chi connectivity index (χ1n) is 8.82. The highest BCUT2D eigenvalue weighted by Crippen LogP contribution is 2.34. The van der Waals surface area contributed by atoms with E-state index in [4.69, 9.17) is 9.47 Å². The number of benzene rings is 2. The number of hydrogen-bond donors (Lipinski definition) is 2. The zero-order valence-electron chi connectivity index (χ0n) is 16.3. The molecule has 0 atom stereocenters. The molecule has 9 heteroatoms. The summed E-state index contributed by atoms with van der Waals surface area (Å²) in [5.74, 6) is 0.423. The fraction of sp³-hybridized carbons (Fsp3) is 0.238. The second-order valence-electron chi connectivity index (χ2n) is 6.05. The number of alkyl halides is 3. The van der Waals surface area contributed by atoms with Crippen molar-refractivity contribution in [1.82, 2.24) is 5.32 Å². The summed E-state index contributed by atoms with van der Waals surface area (Å²) in [6.07, 6.45) is -3.16. The minimum absolute atomic E-state index is 0.215. The van der Waals surface area contributed by atoms with E-state index in [1.54, 1.807) is 18.2 Å². The van der Waals surface area contributed by atoms with E-state index >= 15 is 0 Å². The van der Waals surface area contributed by atoms with E-state index < -0.39 is 17.6 Å². The molecule has 0 radical (unpaired) electrons. The Kier molecular flexibility index (Phi) is 7.69. The van der Waals surface area contributed by atoms with Crippen molar-refractivity contribution in [3.63, 3.8) is 0 Å². The van der Waals surface area contributed by atoms with Crippen LogP contribution in [0.4, 0.5) is 18.9 Å². The number of nitriles is 1. The third-order valence-corrected chi connectivity index (χ3v) is 4.12. The maximum atomic E-state index is 13.0. The molecule has 0 aliphatic heterocycles. The number of carbonyl (C=O) groups excluding carboxylic acids is 1. The summed E-state index contributed by atoms with van der Waals surface area (Å²) < 4.78 is 49.4. The molecule has 2 aromatic rings. The number of nitrogens with zero attached hydrogens (tertiary/aromatic N) is 1. The van der Waals surface area contributed by atoms with Gasteiger partial charge in [0, 0.05) is 12.7 Å². The fourth-order valence-corrected chi connectivity index (χ4v) is 2.61. The van der Waals surface area contributed by atoms with E-state index in [0.717, 1.165) is 17.8 Å². The van der Waals surface area contributed by atoms with Gasteiger partial charge in [-0.1, -0.05) is 18.2 Å². The molecule has 0 bridgehead atoms. The van der Waals surface area contributed by atoms with Crippen LogP contribution in [0.3, 0.4) is 0 Å². The number of rotatable bonds is 8. The lowest BCUT2D eigenvalue weighted by Gasteiger charge is -2.12. The van der Waals surface area contributed by atoms with Gasteiger partial charge in [0.15, 0.2) is 11.5 Å². The number of ether oxygens (including phenoxy) is 2. The molecule has 0 aliphatic carbocycles. The number of anilines is 1. The van der Waals surface area contributed by atoms with Crippen molar-refractivity contribution in [2.45, 2.75) is 12.6 Å². The van der Waals surface area contributed by atoms with Gasteiger partial charge < -0.3 is 20.1 Å². The number of carbonyl (C=O) groups is 1. The first-order valence-corrected chi connectivity index (χ1v) is 8.82. The van der Waals surface area contributed by atoms with E-state index in [1.165, 1.54) is 32.4 Å². The second-order valence-corrected chi connectivity index (χ2v) is 6.05. The predicted octanol–water partition coefficient (Wildman–Crippen LogP) is 3.90. The molecule has 158 valence electrons. The molecule has 0 heterocycles. The van der Waals surface area contributed by atoms with Crippen molar-refractivity contribution in [3.05, 3.63) is 65.4 Å². The number of methoxy groups -OCH3 is 2. The zero-order valence-corrected chi connectivity index (χ0v) is 16.3. The van der Waals surface area contributed by atoms with Crippen molar-refractivity contribution in [2.24, 2.45) is 0 Å². The quantitative estimate of drug-likeness (QED) is 0.501. The summed E-state index contributed by atoms with van der Waals surface area (Å²) in [5, 5.41) is 14.1. The summed E-state index contributed by atoms with van der Waals surface area (Å²) in [4.78, 5) is 12.2. The highest BCUT2D eigenvalue weighted by Gasteiger charge is 2.33. The average molecular weight is 419 g/mol. The predicted molar refractivity (Wildman–Crippen MR) is 105 cm³/mol. The minimum atomic E-state index is -4.56. The van der Waals surface area contributed by atoms with Crippen LogP contribution in [0.1, 0.15) is 11.1 Å². The van der Waals surface area contributed by atoms with Crippen LogP contribution in [0.5, 0.6) is 11.5 Å². The maximum absolute atomic E-state index is 13.0. The number of nitrogens with one attached hydrogen (secondary N) is 2.